The van der Waals surface area contributed by atoms with Crippen LogP contribution in [-0.2, 0) is 29.0 Å². The fourth-order valence-electron chi connectivity index (χ4n) is 4.76. The highest BCUT2D eigenvalue weighted by Crippen LogP contribution is 2.23. The lowest BCUT2D eigenvalue weighted by atomic mass is 9.94. The van der Waals surface area contributed by atoms with Gasteiger partial charge in [0.15, 0.2) is 0 Å². The van der Waals surface area contributed by atoms with Gasteiger partial charge in [-0.15, -0.1) is 0 Å². The van der Waals surface area contributed by atoms with Crippen LogP contribution < -0.4 is 5.32 Å². The number of nitrogens with zero attached hydrogens (tertiary/aromatic N) is 3. The van der Waals surface area contributed by atoms with Gasteiger partial charge in [0.2, 0.25) is 11.8 Å². The highest BCUT2D eigenvalue weighted by molar-refractivity contribution is 6.31. The zero-order valence-corrected chi connectivity index (χ0v) is 20.6. The number of amides is 2. The van der Waals surface area contributed by atoms with E-state index in [4.69, 9.17) is 16.6 Å². The Hall–Kier alpha value is -2.86. The number of hydrogen-bond acceptors (Lipinski definition) is 3. The maximum Gasteiger partial charge on any atom is 0.242 e. The smallest absolute Gasteiger partial charge is 0.242 e. The normalized spacial score (nSPS) is 14.3. The average Bonchev–Trinajstić information content (AvgIpc) is 3.20. The van der Waals surface area contributed by atoms with E-state index in [2.05, 4.69) is 5.32 Å². The SMILES string of the molecule is CN(C(=O)Cn1c(CCCNC(=O)Cc2ccccc2Cl)nc2ccccc21)C1CCCCC1. The molecule has 0 aliphatic heterocycles. The number of halogens is 1. The molecule has 0 saturated heterocycles. The number of imidazole rings is 1. The maximum atomic E-state index is 13.1. The lowest BCUT2D eigenvalue weighted by molar-refractivity contribution is -0.133. The summed E-state index contributed by atoms with van der Waals surface area (Å²) in [7, 11) is 1.94. The van der Waals surface area contributed by atoms with Crippen LogP contribution in [0.2, 0.25) is 5.02 Å². The Kier molecular flexibility index (Phi) is 8.22. The van der Waals surface area contributed by atoms with Crippen LogP contribution in [0.5, 0.6) is 0 Å². The number of hydrogen-bond donors (Lipinski definition) is 1. The van der Waals surface area contributed by atoms with Crippen LogP contribution >= 0.6 is 11.6 Å². The van der Waals surface area contributed by atoms with Gasteiger partial charge in [-0.25, -0.2) is 4.98 Å². The van der Waals surface area contributed by atoms with Gasteiger partial charge >= 0.3 is 0 Å². The largest absolute Gasteiger partial charge is 0.356 e. The second-order valence-corrected chi connectivity index (χ2v) is 9.53. The van der Waals surface area contributed by atoms with E-state index < -0.39 is 0 Å². The van der Waals surface area contributed by atoms with Gasteiger partial charge in [-0.2, -0.15) is 0 Å². The molecule has 1 saturated carbocycles. The molecule has 1 N–H and O–H groups in total. The summed E-state index contributed by atoms with van der Waals surface area (Å²) in [6.45, 7) is 0.837. The highest BCUT2D eigenvalue weighted by Gasteiger charge is 2.23. The summed E-state index contributed by atoms with van der Waals surface area (Å²) in [4.78, 5) is 32.2. The molecule has 7 heteroatoms. The number of fused-ring (bicyclic) bond motifs is 1. The molecule has 1 fully saturated rings. The van der Waals surface area contributed by atoms with Crippen molar-refractivity contribution < 1.29 is 9.59 Å². The Morgan fingerprint density at radius 2 is 1.82 bits per heavy atom. The number of nitrogens with one attached hydrogen (secondary N) is 1. The van der Waals surface area contributed by atoms with Gasteiger partial charge in [-0.3, -0.25) is 9.59 Å². The summed E-state index contributed by atoms with van der Waals surface area (Å²) >= 11 is 6.16. The molecule has 1 aliphatic rings. The number of carbonyl (C=O) groups excluding carboxylic acids is 2. The summed E-state index contributed by atoms with van der Waals surface area (Å²) in [5.74, 6) is 0.960. The Morgan fingerprint density at radius 1 is 1.09 bits per heavy atom. The fourth-order valence-corrected chi connectivity index (χ4v) is 4.97. The van der Waals surface area contributed by atoms with E-state index in [0.717, 1.165) is 41.7 Å². The lowest BCUT2D eigenvalue weighted by Crippen LogP contribution is -2.40. The zero-order chi connectivity index (χ0) is 23.9. The third kappa shape index (κ3) is 5.98. The van der Waals surface area contributed by atoms with E-state index in [9.17, 15) is 9.59 Å². The van der Waals surface area contributed by atoms with E-state index in [1.807, 2.05) is 59.0 Å². The van der Waals surface area contributed by atoms with Gasteiger partial charge in [0.25, 0.3) is 0 Å². The number of para-hydroxylation sites is 2. The third-order valence-corrected chi connectivity index (χ3v) is 7.12. The molecule has 2 aromatic carbocycles. The van der Waals surface area contributed by atoms with E-state index >= 15 is 0 Å². The molecule has 0 bridgehead atoms. The molecule has 3 aromatic rings. The number of aryl methyl sites for hydroxylation is 1. The third-order valence-electron chi connectivity index (χ3n) is 6.75. The molecule has 0 radical (unpaired) electrons. The summed E-state index contributed by atoms with van der Waals surface area (Å²) in [5, 5.41) is 3.58. The zero-order valence-electron chi connectivity index (χ0n) is 19.8. The predicted octanol–water partition coefficient (Wildman–Crippen LogP) is 4.77. The van der Waals surface area contributed by atoms with E-state index in [1.165, 1.54) is 19.3 Å². The number of rotatable bonds is 9. The molecule has 1 aromatic heterocycles. The first-order valence-electron chi connectivity index (χ1n) is 12.2. The van der Waals surface area contributed by atoms with E-state index in [1.54, 1.807) is 6.07 Å². The Bertz CT molecular complexity index is 1140. The second-order valence-electron chi connectivity index (χ2n) is 9.12. The molecule has 1 aliphatic carbocycles. The molecular weight excluding hydrogens is 448 g/mol. The number of benzene rings is 2. The van der Waals surface area contributed by atoms with E-state index in [-0.39, 0.29) is 18.2 Å². The van der Waals surface area contributed by atoms with E-state index in [0.29, 0.717) is 30.6 Å². The Morgan fingerprint density at radius 3 is 2.62 bits per heavy atom. The van der Waals surface area contributed by atoms with Crippen LogP contribution in [-0.4, -0.2) is 45.9 Å². The molecular formula is C27H33ClN4O2. The fraction of sp³-hybridized carbons (Fsp3) is 0.444. The molecule has 4 rings (SSSR count). The first kappa shape index (κ1) is 24.3. The van der Waals surface area contributed by atoms with Crippen molar-refractivity contribution in [3.63, 3.8) is 0 Å². The van der Waals surface area contributed by atoms with Gasteiger partial charge in [-0.1, -0.05) is 61.2 Å². The van der Waals surface area contributed by atoms with Crippen molar-refractivity contribution >= 4 is 34.4 Å². The summed E-state index contributed by atoms with van der Waals surface area (Å²) in [6.07, 6.45) is 7.53. The molecule has 1 heterocycles. The van der Waals surface area contributed by atoms with Crippen molar-refractivity contribution in [2.24, 2.45) is 0 Å². The summed E-state index contributed by atoms with van der Waals surface area (Å²) in [6, 6.07) is 15.7. The van der Waals surface area contributed by atoms with Crippen LogP contribution in [0.25, 0.3) is 11.0 Å². The first-order chi connectivity index (χ1) is 16.5. The monoisotopic (exact) mass is 480 g/mol. The predicted molar refractivity (Wildman–Crippen MR) is 136 cm³/mol. The van der Waals surface area contributed by atoms with Crippen molar-refractivity contribution in [2.45, 2.75) is 64.0 Å². The molecule has 0 spiro atoms. The quantitative estimate of drug-likeness (QED) is 0.448. The van der Waals surface area contributed by atoms with Crippen LogP contribution in [0.3, 0.4) is 0 Å². The molecule has 0 atom stereocenters. The molecule has 6 nitrogen and oxygen atoms in total. The van der Waals surface area contributed by atoms with Crippen molar-refractivity contribution in [3.05, 3.63) is 64.9 Å². The van der Waals surface area contributed by atoms with Crippen LogP contribution in [0.4, 0.5) is 0 Å². The van der Waals surface area contributed by atoms with Crippen molar-refractivity contribution in [2.75, 3.05) is 13.6 Å². The topological polar surface area (TPSA) is 67.2 Å². The van der Waals surface area contributed by atoms with Crippen molar-refractivity contribution in [3.8, 4) is 0 Å². The van der Waals surface area contributed by atoms with Gasteiger partial charge in [0, 0.05) is 31.1 Å². The van der Waals surface area contributed by atoms with Crippen molar-refractivity contribution in [1.82, 2.24) is 19.8 Å². The minimum atomic E-state index is -0.0501. The highest BCUT2D eigenvalue weighted by atomic mass is 35.5. The van der Waals surface area contributed by atoms with Gasteiger partial charge in [0.05, 0.1) is 17.5 Å². The number of carbonyl (C=O) groups is 2. The summed E-state index contributed by atoms with van der Waals surface area (Å²) < 4.78 is 2.04. The molecule has 2 amide bonds. The first-order valence-corrected chi connectivity index (χ1v) is 12.6. The van der Waals surface area contributed by atoms with Gasteiger partial charge in [-0.05, 0) is 43.0 Å². The van der Waals surface area contributed by atoms with Gasteiger partial charge < -0.3 is 14.8 Å². The second kappa shape index (κ2) is 11.5. The molecule has 0 unspecified atom stereocenters. The molecule has 180 valence electrons. The Balaban J connectivity index is 1.36. The number of aromatic nitrogens is 2. The summed E-state index contributed by atoms with van der Waals surface area (Å²) in [5.41, 5.74) is 2.70. The van der Waals surface area contributed by atoms with Crippen LogP contribution in [0, 0.1) is 0 Å². The number of likely N-dealkylation sites (N-methyl/N-ethyl adjacent to an activating group) is 1. The standard InChI is InChI=1S/C27H33ClN4O2/c1-31(21-11-3-2-4-12-21)27(34)19-32-24-15-8-7-14-23(24)30-25(32)16-9-17-29-26(33)18-20-10-5-6-13-22(20)28/h5-8,10,13-15,21H,2-4,9,11-12,16-19H2,1H3,(H,29,33). The molecule has 34 heavy (non-hydrogen) atoms. The van der Waals surface area contributed by atoms with Crippen molar-refractivity contribution in [1.29, 1.82) is 0 Å². The van der Waals surface area contributed by atoms with Gasteiger partial charge in [0.1, 0.15) is 12.4 Å². The lowest BCUT2D eigenvalue weighted by Gasteiger charge is -2.31. The average molecular weight is 481 g/mol. The maximum absolute atomic E-state index is 13.1. The Labute approximate surface area is 206 Å². The van der Waals surface area contributed by atoms with Crippen LogP contribution in [0.15, 0.2) is 48.5 Å². The minimum Gasteiger partial charge on any atom is -0.356 e. The van der Waals surface area contributed by atoms with Crippen LogP contribution in [0.1, 0.15) is 49.9 Å². The minimum absolute atomic E-state index is 0.0501.